The molecule has 115 heavy (non-hydrogen) atoms. The van der Waals surface area contributed by atoms with Crippen molar-refractivity contribution in [2.24, 2.45) is 5.92 Å². The molecule has 574 valence electrons. The molecule has 2 aliphatic rings. The Morgan fingerprint density at radius 1 is 0.391 bits per heavy atom. The average Bonchev–Trinajstić information content (AvgIpc) is 0.792. The number of carbonyl (C=O) groups is 6. The fourth-order valence-electron chi connectivity index (χ4n) is 13.3. The molecule has 15 aromatic rings. The molecule has 0 saturated heterocycles. The van der Waals surface area contributed by atoms with Crippen molar-refractivity contribution in [1.29, 1.82) is 0 Å². The highest BCUT2D eigenvalue weighted by Gasteiger charge is 2.33. The molecule has 0 fully saturated rings. The van der Waals surface area contributed by atoms with Gasteiger partial charge in [0, 0.05) is 112 Å². The van der Waals surface area contributed by atoms with Crippen LogP contribution in [0.15, 0.2) is 297 Å². The number of carboxylic acids is 2. The number of nitro groups is 1. The molecule has 0 bridgehead atoms. The summed E-state index contributed by atoms with van der Waals surface area (Å²) in [5.74, 6) is -0.547. The molecule has 11 aromatic carbocycles. The quantitative estimate of drug-likeness (QED) is 0.0103. The minimum absolute atomic E-state index is 0.0181. The van der Waals surface area contributed by atoms with Crippen LogP contribution in [0.4, 0.5) is 28.4 Å². The van der Waals surface area contributed by atoms with Gasteiger partial charge >= 0.3 is 17.9 Å². The summed E-state index contributed by atoms with van der Waals surface area (Å²) in [6.07, 6.45) is 8.42. The zero-order valence-corrected chi connectivity index (χ0v) is 62.2. The van der Waals surface area contributed by atoms with Gasteiger partial charge in [0.15, 0.2) is 5.78 Å². The standard InChI is InChI=1S/C25H22N4O5.C19H19N3O3.C19H13NO.C16H14N2O2.C13H11NO/c30-23(26-16-14-24(31)34-18-11-9-17(10-12-18)29(32)33)13-15-27-25-19-5-1-3-7-21(19)28-22-8-4-2-6-20(22)25;23-17(20-12-10-18(24)25)9-11-21-19-13-5-1-3-7-15(13)22-16-8-4-2-6-14(16)19;1-2-8-14(9-3-1)21-19-15-10-4-6-12-17(15)20-18-13-7-5-11-16(18)19;19-15(20)9-10-17-16-11-5-1-3-7-13(11)18-14-8-4-2-6-12(14)16;15-13-9-5-1-3-7-11(9)14-12-8-4-2-6-10(12)13/h1-12H,13-16H2,(H,26,30)(H,27,28);1-8H,9-12H2,(H,20,23)(H,21,22)(H,24,25);1-13H;1-8H,9-10H2,(H,17,18)(H,19,20);1-9,11,14H. The Morgan fingerprint density at radius 3 is 1.16 bits per heavy atom. The molecule has 8 N–H and O–H groups in total. The number of carbonyl (C=O) groups excluding carboxylic acids is 4. The van der Waals surface area contributed by atoms with Crippen molar-refractivity contribution >= 4 is 151 Å². The number of esters is 1. The highest BCUT2D eigenvalue weighted by Crippen LogP contribution is 2.38. The van der Waals surface area contributed by atoms with Crippen molar-refractivity contribution in [3.8, 4) is 17.2 Å². The van der Waals surface area contributed by atoms with E-state index in [1.165, 1.54) is 24.3 Å². The van der Waals surface area contributed by atoms with Gasteiger partial charge in [-0.05, 0) is 97.1 Å². The van der Waals surface area contributed by atoms with Crippen LogP contribution < -0.4 is 41.4 Å². The van der Waals surface area contributed by atoms with Gasteiger partial charge in [-0.15, -0.1) is 0 Å². The smallest absolute Gasteiger partial charge is 0.312 e. The predicted octanol–water partition coefficient (Wildman–Crippen LogP) is 17.9. The van der Waals surface area contributed by atoms with Crippen LogP contribution in [0, 0.1) is 16.0 Å². The minimum Gasteiger partial charge on any atom is -0.481 e. The van der Waals surface area contributed by atoms with Crippen molar-refractivity contribution in [3.63, 3.8) is 0 Å². The van der Waals surface area contributed by atoms with E-state index in [2.05, 4.69) is 46.9 Å². The number of hydrogen-bond donors (Lipinski definition) is 8. The fourth-order valence-corrected chi connectivity index (χ4v) is 13.3. The first-order chi connectivity index (χ1) is 56.2. The van der Waals surface area contributed by atoms with Crippen LogP contribution in [0.25, 0.3) is 87.2 Å². The molecule has 0 saturated carbocycles. The van der Waals surface area contributed by atoms with Crippen molar-refractivity contribution in [2.45, 2.75) is 38.1 Å². The number of aliphatic carboxylic acids is 2. The highest BCUT2D eigenvalue weighted by atomic mass is 16.6. The van der Waals surface area contributed by atoms with Crippen LogP contribution in [-0.2, 0) is 24.0 Å². The summed E-state index contributed by atoms with van der Waals surface area (Å²) in [5, 5.41) is 54.7. The number of nitrogens with one attached hydrogen (secondary N) is 6. The molecule has 1 aliphatic heterocycles. The van der Waals surface area contributed by atoms with E-state index in [4.69, 9.17) is 24.7 Å². The molecule has 23 nitrogen and oxygen atoms in total. The van der Waals surface area contributed by atoms with Gasteiger partial charge in [0.25, 0.3) is 5.69 Å². The molecule has 5 heterocycles. The maximum atomic E-state index is 12.2. The van der Waals surface area contributed by atoms with E-state index >= 15 is 0 Å². The summed E-state index contributed by atoms with van der Waals surface area (Å²) < 4.78 is 11.3. The molecule has 2 atom stereocenters. The van der Waals surface area contributed by atoms with Crippen LogP contribution in [0.1, 0.15) is 42.5 Å². The van der Waals surface area contributed by atoms with Gasteiger partial charge < -0.3 is 51.6 Å². The van der Waals surface area contributed by atoms with E-state index in [1.54, 1.807) is 0 Å². The van der Waals surface area contributed by atoms with E-state index in [-0.39, 0.29) is 86.2 Å². The number of para-hydroxylation sites is 10. The van der Waals surface area contributed by atoms with E-state index in [1.807, 2.05) is 273 Å². The van der Waals surface area contributed by atoms with Crippen molar-refractivity contribution < 1.29 is 53.4 Å². The first-order valence-corrected chi connectivity index (χ1v) is 37.4. The van der Waals surface area contributed by atoms with E-state index in [0.29, 0.717) is 19.6 Å². The number of pyridine rings is 4. The zero-order chi connectivity index (χ0) is 79.8. The highest BCUT2D eigenvalue weighted by molar-refractivity contribution is 6.11. The number of benzene rings is 11. The molecule has 0 spiro atoms. The summed E-state index contributed by atoms with van der Waals surface area (Å²) in [7, 11) is 0. The number of Topliss-reactive ketones (excluding diaryl/α,β-unsaturated/α-hetero) is 1. The summed E-state index contributed by atoms with van der Waals surface area (Å²) >= 11 is 0. The van der Waals surface area contributed by atoms with Crippen molar-refractivity contribution in [2.75, 3.05) is 54.0 Å². The second-order valence-electron chi connectivity index (χ2n) is 26.6. The minimum atomic E-state index is -0.923. The number of non-ortho nitro benzene ring substituents is 1. The number of anilines is 4. The Kier molecular flexibility index (Phi) is 25.9. The topological polar surface area (TPSA) is 328 Å². The average molecular weight is 1530 g/mol. The first-order valence-electron chi connectivity index (χ1n) is 37.4. The molecule has 4 aromatic heterocycles. The molecule has 1 aliphatic carbocycles. The summed E-state index contributed by atoms with van der Waals surface area (Å²) in [6.45, 7) is 1.54. The van der Waals surface area contributed by atoms with Crippen molar-refractivity contribution in [3.05, 3.63) is 313 Å². The number of nitro benzene ring substituents is 1. The third kappa shape index (κ3) is 20.2. The number of carboxylic acid groups (broad SMARTS) is 2. The van der Waals surface area contributed by atoms with Gasteiger partial charge in [0.05, 0.1) is 97.3 Å². The Balaban J connectivity index is 0.000000128. The Labute approximate surface area is 660 Å². The number of ether oxygens (including phenoxy) is 2. The number of aromatic nitrogens is 4. The lowest BCUT2D eigenvalue weighted by Gasteiger charge is -2.31. The van der Waals surface area contributed by atoms with Crippen LogP contribution in [0.3, 0.4) is 0 Å². The molecule has 17 rings (SSSR count). The lowest BCUT2D eigenvalue weighted by molar-refractivity contribution is -0.384. The van der Waals surface area contributed by atoms with E-state index in [0.717, 1.165) is 127 Å². The normalized spacial score (nSPS) is 12.9. The number of nitrogens with zero attached hydrogens (tertiary/aromatic N) is 5. The summed E-state index contributed by atoms with van der Waals surface area (Å²) in [5.41, 5.74) is 11.8. The predicted molar refractivity (Wildman–Crippen MR) is 452 cm³/mol. The number of fused-ring (bicyclic) bond motifs is 10. The summed E-state index contributed by atoms with van der Waals surface area (Å²) in [6, 6.07) is 86.2. The van der Waals surface area contributed by atoms with Crippen molar-refractivity contribution in [1.82, 2.24) is 30.6 Å². The Hall–Kier alpha value is -15.0. The largest absolute Gasteiger partial charge is 0.481 e. The van der Waals surface area contributed by atoms with Crippen LogP contribution in [0.5, 0.6) is 17.2 Å². The second-order valence-corrected chi connectivity index (χ2v) is 26.6. The number of rotatable bonds is 22. The molecule has 2 amide bonds. The van der Waals surface area contributed by atoms with Crippen LogP contribution >= 0.6 is 0 Å². The number of amides is 2. The van der Waals surface area contributed by atoms with E-state index in [9.17, 15) is 38.9 Å². The third-order valence-electron chi connectivity index (χ3n) is 18.8. The molecule has 23 heteroatoms. The number of ketones is 1. The lowest BCUT2D eigenvalue weighted by Crippen LogP contribution is -2.37. The van der Waals surface area contributed by atoms with Crippen LogP contribution in [0.2, 0.25) is 0 Å². The van der Waals surface area contributed by atoms with Gasteiger partial charge in [-0.2, -0.15) is 0 Å². The zero-order valence-electron chi connectivity index (χ0n) is 62.2. The van der Waals surface area contributed by atoms with Gasteiger partial charge in [-0.1, -0.05) is 188 Å². The van der Waals surface area contributed by atoms with Gasteiger partial charge in [-0.25, -0.2) is 19.9 Å². The second kappa shape index (κ2) is 38.1. The van der Waals surface area contributed by atoms with Gasteiger partial charge in [0.1, 0.15) is 17.2 Å². The maximum absolute atomic E-state index is 12.2. The number of allylic oxidation sites excluding steroid dienone is 2. The maximum Gasteiger partial charge on any atom is 0.312 e. The third-order valence-corrected chi connectivity index (χ3v) is 18.8. The molecular weight excluding hydrogens is 1450 g/mol. The molecule has 2 unspecified atom stereocenters. The Bertz CT molecular complexity index is 5930. The SMILES string of the molecule is O=C(CCNc1c2ccccc2nc2ccccc12)NCCC(=O)Oc1ccc([N+](=O)[O-])cc1.O=C(O)CCNC(=O)CCNc1c2ccccc2nc2ccccc12.O=C(O)CCNc1c2ccccc2nc2ccccc12.O=C1c2ccccc2NC2C=CC=CC12.c1ccc(Oc2c3ccccc3nc3ccccc23)cc1. The monoisotopic (exact) mass is 1530 g/mol. The van der Waals surface area contributed by atoms with Gasteiger partial charge in [-0.3, -0.25) is 38.9 Å². The van der Waals surface area contributed by atoms with E-state index < -0.39 is 22.8 Å². The lowest BCUT2D eigenvalue weighted by atomic mass is 9.83. The number of hydrogen-bond acceptors (Lipinski definition) is 18. The Morgan fingerprint density at radius 2 is 0.739 bits per heavy atom. The molecule has 0 radical (unpaired) electrons. The van der Waals surface area contributed by atoms with Crippen LogP contribution in [-0.4, -0.2) is 109 Å². The summed E-state index contributed by atoms with van der Waals surface area (Å²) in [4.78, 5) is 98.0. The fraction of sp³-hybridized carbons (Fsp3) is 0.130. The molecular formula is C92H79N11O12. The van der Waals surface area contributed by atoms with Gasteiger partial charge in [0.2, 0.25) is 11.8 Å². The first kappa shape index (κ1) is 78.1.